The van der Waals surface area contributed by atoms with Gasteiger partial charge in [0.05, 0.1) is 17.4 Å². The fourth-order valence-corrected chi connectivity index (χ4v) is 6.83. The Hall–Kier alpha value is -4.11. The third-order valence-corrected chi connectivity index (χ3v) is 8.11. The average Bonchev–Trinajstić information content (AvgIpc) is 2.97. The Morgan fingerprint density at radius 3 is 2.26 bits per heavy atom. The van der Waals surface area contributed by atoms with Crippen molar-refractivity contribution in [1.29, 1.82) is 0 Å². The van der Waals surface area contributed by atoms with E-state index in [0.717, 1.165) is 0 Å². The molecule has 2 heterocycles. The minimum absolute atomic E-state index is 0.118. The molecule has 3 aromatic rings. The maximum Gasteiger partial charge on any atom is 0.342 e. The second-order valence-electron chi connectivity index (χ2n) is 9.70. The number of hydrogen-bond acceptors (Lipinski definition) is 9. The summed E-state index contributed by atoms with van der Waals surface area (Å²) >= 11 is 0. The number of Topliss-reactive ketones (excluding diaryl/α,β-unsaturated/α-hetero) is 1. The van der Waals surface area contributed by atoms with Gasteiger partial charge in [-0.1, -0.05) is 0 Å². The van der Waals surface area contributed by atoms with Gasteiger partial charge < -0.3 is 29.9 Å². The van der Waals surface area contributed by atoms with Crippen LogP contribution in [0.3, 0.4) is 0 Å². The number of phenols is 3. The second kappa shape index (κ2) is 5.92. The number of cyclic esters (lactones) is 2. The molecule has 3 aromatic carbocycles. The number of aromatic hydroxyl groups is 3. The van der Waals surface area contributed by atoms with Gasteiger partial charge in [0, 0.05) is 22.1 Å². The van der Waals surface area contributed by atoms with Crippen molar-refractivity contribution in [3.8, 4) is 17.2 Å². The summed E-state index contributed by atoms with van der Waals surface area (Å²) in [6.45, 7) is 2.70. The van der Waals surface area contributed by atoms with Crippen molar-refractivity contribution < 1.29 is 44.3 Å². The van der Waals surface area contributed by atoms with Crippen molar-refractivity contribution in [3.05, 3.63) is 62.2 Å². The van der Waals surface area contributed by atoms with Crippen molar-refractivity contribution >= 4 is 28.5 Å². The molecule has 7 rings (SSSR count). The van der Waals surface area contributed by atoms with Gasteiger partial charge in [0.15, 0.2) is 5.78 Å². The Morgan fingerprint density at radius 1 is 0.857 bits per heavy atom. The van der Waals surface area contributed by atoms with E-state index in [1.54, 1.807) is 13.8 Å². The molecule has 3 atom stereocenters. The quantitative estimate of drug-likeness (QED) is 0.360. The van der Waals surface area contributed by atoms with Gasteiger partial charge in [-0.3, -0.25) is 4.79 Å². The van der Waals surface area contributed by atoms with Gasteiger partial charge in [-0.05, 0) is 53.6 Å². The zero-order chi connectivity index (χ0) is 24.7. The summed E-state index contributed by atoms with van der Waals surface area (Å²) < 4.78 is 10.7. The number of ketones is 1. The number of aliphatic hydroxyl groups is 1. The van der Waals surface area contributed by atoms with Crippen molar-refractivity contribution in [2.75, 3.05) is 6.61 Å². The van der Waals surface area contributed by atoms with Crippen LogP contribution in [0.4, 0.5) is 0 Å². The topological polar surface area (TPSA) is 151 Å². The lowest BCUT2D eigenvalue weighted by atomic mass is 9.63. The van der Waals surface area contributed by atoms with Gasteiger partial charge in [-0.2, -0.15) is 0 Å². The second-order valence-corrected chi connectivity index (χ2v) is 9.70. The van der Waals surface area contributed by atoms with Gasteiger partial charge in [0.25, 0.3) is 0 Å². The molecule has 9 nitrogen and oxygen atoms in total. The molecule has 2 aliphatic carbocycles. The van der Waals surface area contributed by atoms with Crippen LogP contribution in [0.15, 0.2) is 12.1 Å². The smallest absolute Gasteiger partial charge is 0.342 e. The summed E-state index contributed by atoms with van der Waals surface area (Å²) in [7, 11) is 0. The van der Waals surface area contributed by atoms with Crippen molar-refractivity contribution in [1.82, 2.24) is 0 Å². The van der Waals surface area contributed by atoms with Gasteiger partial charge in [0.1, 0.15) is 41.6 Å². The largest absolute Gasteiger partial charge is 0.507 e. The van der Waals surface area contributed by atoms with Gasteiger partial charge in [-0.15, -0.1) is 0 Å². The van der Waals surface area contributed by atoms with Crippen LogP contribution in [0.1, 0.15) is 70.4 Å². The van der Waals surface area contributed by atoms with Crippen molar-refractivity contribution in [3.63, 3.8) is 0 Å². The molecule has 9 heteroatoms. The number of rotatable bonds is 0. The Labute approximate surface area is 197 Å². The Kier molecular flexibility index (Phi) is 3.43. The van der Waals surface area contributed by atoms with E-state index in [4.69, 9.17) is 9.47 Å². The van der Waals surface area contributed by atoms with E-state index in [0.29, 0.717) is 22.1 Å². The fourth-order valence-electron chi connectivity index (χ4n) is 6.83. The number of esters is 2. The van der Waals surface area contributed by atoms with Gasteiger partial charge in [-0.25, -0.2) is 9.59 Å². The number of carbonyl (C=O) groups excluding carboxylic acids is 3. The molecule has 0 aromatic heterocycles. The summed E-state index contributed by atoms with van der Waals surface area (Å²) in [5, 5.41) is 45.3. The first-order chi connectivity index (χ1) is 16.6. The predicted molar refractivity (Wildman–Crippen MR) is 118 cm³/mol. The van der Waals surface area contributed by atoms with Crippen LogP contribution >= 0.6 is 0 Å². The molecule has 0 fully saturated rings. The number of phenolic OH excluding ortho intramolecular Hbond substituents is 3. The predicted octanol–water partition coefficient (Wildman–Crippen LogP) is 2.35. The number of carbonyl (C=O) groups is 3. The SMILES string of the molecule is Cc1cc(O)c2c3c1C(=O)[C@@H]1c4c(c(O)c5c6c(c(O)cc(C)c46)C(=O)OC5)[C@@]3(COC2=O)[C@@H]1O. The van der Waals surface area contributed by atoms with Crippen LogP contribution in [0.25, 0.3) is 10.8 Å². The van der Waals surface area contributed by atoms with E-state index in [1.807, 2.05) is 0 Å². The summed E-state index contributed by atoms with van der Waals surface area (Å²) in [4.78, 5) is 39.3. The Bertz CT molecular complexity index is 1630. The number of ether oxygens (including phenoxy) is 2. The van der Waals surface area contributed by atoms with Crippen molar-refractivity contribution in [2.24, 2.45) is 0 Å². The van der Waals surface area contributed by atoms with E-state index in [9.17, 15) is 34.8 Å². The maximum absolute atomic E-state index is 14.0. The number of hydrogen-bond donors (Lipinski definition) is 4. The molecule has 0 unspecified atom stereocenters. The van der Waals surface area contributed by atoms with E-state index < -0.39 is 35.2 Å². The number of fused-ring (bicyclic) bond motifs is 4. The van der Waals surface area contributed by atoms with Crippen LogP contribution < -0.4 is 0 Å². The minimum Gasteiger partial charge on any atom is -0.507 e. The summed E-state index contributed by atoms with van der Waals surface area (Å²) in [5.41, 5.74) is 0.227. The molecule has 0 amide bonds. The van der Waals surface area contributed by atoms with E-state index >= 15 is 0 Å². The monoisotopic (exact) mass is 474 g/mol. The summed E-state index contributed by atoms with van der Waals surface area (Å²) in [6, 6.07) is 2.71. The van der Waals surface area contributed by atoms with Crippen LogP contribution in [0.2, 0.25) is 0 Å². The zero-order valence-electron chi connectivity index (χ0n) is 18.6. The zero-order valence-corrected chi connectivity index (χ0v) is 18.6. The van der Waals surface area contributed by atoms with Gasteiger partial charge in [0.2, 0.25) is 0 Å². The molecule has 2 aliphatic heterocycles. The molecular formula is C26H18O9. The first-order valence-corrected chi connectivity index (χ1v) is 11.1. The van der Waals surface area contributed by atoms with Crippen LogP contribution in [0.5, 0.6) is 17.2 Å². The highest BCUT2D eigenvalue weighted by atomic mass is 16.5. The van der Waals surface area contributed by atoms with Crippen LogP contribution in [0, 0.1) is 13.8 Å². The fraction of sp³-hybridized carbons (Fsp3) is 0.269. The van der Waals surface area contributed by atoms with Crippen molar-refractivity contribution in [2.45, 2.75) is 37.9 Å². The van der Waals surface area contributed by atoms with E-state index in [-0.39, 0.29) is 69.2 Å². The third kappa shape index (κ3) is 1.96. The molecule has 2 bridgehead atoms. The van der Waals surface area contributed by atoms with E-state index in [1.165, 1.54) is 12.1 Å². The van der Waals surface area contributed by atoms with Crippen LogP contribution in [-0.2, 0) is 21.5 Å². The first-order valence-electron chi connectivity index (χ1n) is 11.1. The lowest BCUT2D eigenvalue weighted by molar-refractivity contribution is 0.00705. The Balaban J connectivity index is 1.76. The van der Waals surface area contributed by atoms with E-state index in [2.05, 4.69) is 0 Å². The first kappa shape index (κ1) is 20.3. The summed E-state index contributed by atoms with van der Waals surface area (Å²) in [5.74, 6) is -4.17. The molecule has 0 radical (unpaired) electrons. The minimum atomic E-state index is -1.52. The van der Waals surface area contributed by atoms with Crippen LogP contribution in [-0.4, -0.2) is 50.9 Å². The molecule has 35 heavy (non-hydrogen) atoms. The maximum atomic E-state index is 14.0. The molecule has 1 spiro atoms. The molecular weight excluding hydrogens is 456 g/mol. The molecule has 176 valence electrons. The molecule has 0 saturated carbocycles. The van der Waals surface area contributed by atoms with Gasteiger partial charge >= 0.3 is 11.9 Å². The number of benzene rings is 3. The molecule has 0 saturated heterocycles. The Morgan fingerprint density at radius 2 is 1.51 bits per heavy atom. The lowest BCUT2D eigenvalue weighted by Gasteiger charge is -2.43. The lowest BCUT2D eigenvalue weighted by Crippen LogP contribution is -2.52. The highest BCUT2D eigenvalue weighted by Gasteiger charge is 2.66. The average molecular weight is 474 g/mol. The number of aliphatic hydroxyl groups excluding tert-OH is 1. The molecule has 4 N–H and O–H groups in total. The normalized spacial score (nSPS) is 25.3. The highest BCUT2D eigenvalue weighted by Crippen LogP contribution is 2.64. The molecule has 4 aliphatic rings. The summed E-state index contributed by atoms with van der Waals surface area (Å²) in [6.07, 6.45) is -1.41. The highest BCUT2D eigenvalue weighted by molar-refractivity contribution is 6.18. The standard InChI is InChI=1S/C26H18O9/c1-7-3-10(27)15-14-9(5-34-24(15)32)21(29)20-17(12(7)14)18-22(30)13-8(2)4-11(28)16-19(13)26(20,23(18)31)6-35-25(16)33/h3-4,18,23,27-29,31H,5-6H2,1-2H3/t18-,23+,26-/m0/s1. The number of aryl methyl sites for hydroxylation is 2. The third-order valence-electron chi connectivity index (χ3n) is 8.11.